The van der Waals surface area contributed by atoms with E-state index in [0.717, 1.165) is 10.9 Å². The number of nitrogens with two attached hydrogens (primary N) is 1. The first kappa shape index (κ1) is 11.7. The molecule has 1 aliphatic carbocycles. The summed E-state index contributed by atoms with van der Waals surface area (Å²) in [6, 6.07) is 7.36. The molecule has 1 fully saturated rings. The van der Waals surface area contributed by atoms with Crippen molar-refractivity contribution < 1.29 is 4.79 Å². The van der Waals surface area contributed by atoms with Crippen LogP contribution in [-0.4, -0.2) is 10.9 Å². The van der Waals surface area contributed by atoms with Crippen LogP contribution in [0.5, 0.6) is 0 Å². The van der Waals surface area contributed by atoms with Crippen molar-refractivity contribution in [2.45, 2.75) is 32.1 Å². The van der Waals surface area contributed by atoms with Crippen LogP contribution in [0.1, 0.15) is 42.5 Å². The predicted octanol–water partition coefficient (Wildman–Crippen LogP) is 3.22. The quantitative estimate of drug-likeness (QED) is 0.776. The van der Waals surface area contributed by atoms with Crippen molar-refractivity contribution in [3.05, 3.63) is 36.0 Å². The molecule has 3 heteroatoms. The smallest absolute Gasteiger partial charge is 0.250 e. The van der Waals surface area contributed by atoms with Crippen molar-refractivity contribution in [3.63, 3.8) is 0 Å². The third-order valence-corrected chi connectivity index (χ3v) is 3.10. The molecule has 3 N–H and O–H groups in total. The number of hydrogen-bond acceptors (Lipinski definition) is 1. The van der Waals surface area contributed by atoms with Crippen LogP contribution >= 0.6 is 0 Å². The van der Waals surface area contributed by atoms with Gasteiger partial charge in [-0.2, -0.15) is 0 Å². The highest BCUT2D eigenvalue weighted by atomic mass is 16.1. The van der Waals surface area contributed by atoms with Gasteiger partial charge in [0.25, 0.3) is 5.91 Å². The molecule has 90 valence electrons. The van der Waals surface area contributed by atoms with Crippen molar-refractivity contribution in [1.82, 2.24) is 4.98 Å². The number of benzene rings is 1. The summed E-state index contributed by atoms with van der Waals surface area (Å²) in [6.45, 7) is 0. The number of para-hydroxylation sites is 1. The molecule has 0 bridgehead atoms. The summed E-state index contributed by atoms with van der Waals surface area (Å²) in [6.07, 6.45) is 9.29. The Morgan fingerprint density at radius 3 is 2.29 bits per heavy atom. The van der Waals surface area contributed by atoms with E-state index in [9.17, 15) is 4.79 Å². The summed E-state index contributed by atoms with van der Waals surface area (Å²) in [5.74, 6) is -0.400. The van der Waals surface area contributed by atoms with Crippen LogP contribution in [0.15, 0.2) is 30.5 Å². The Balaban J connectivity index is 0.000000181. The second-order valence-corrected chi connectivity index (χ2v) is 4.38. The van der Waals surface area contributed by atoms with Gasteiger partial charge in [-0.1, -0.05) is 44.2 Å². The summed E-state index contributed by atoms with van der Waals surface area (Å²) >= 11 is 0. The summed E-state index contributed by atoms with van der Waals surface area (Å²) < 4.78 is 0. The molecule has 0 spiro atoms. The monoisotopic (exact) mass is 230 g/mol. The molecule has 0 unspecified atom stereocenters. The van der Waals surface area contributed by atoms with Crippen LogP contribution in [0.3, 0.4) is 0 Å². The lowest BCUT2D eigenvalue weighted by atomic mass is 10.1. The highest BCUT2D eigenvalue weighted by Gasteiger charge is 2.05. The van der Waals surface area contributed by atoms with E-state index >= 15 is 0 Å². The topological polar surface area (TPSA) is 58.9 Å². The van der Waals surface area contributed by atoms with E-state index in [1.807, 2.05) is 18.2 Å². The highest BCUT2D eigenvalue weighted by Crippen LogP contribution is 2.16. The van der Waals surface area contributed by atoms with E-state index < -0.39 is 5.91 Å². The Kier molecular flexibility index (Phi) is 3.81. The predicted molar refractivity (Wildman–Crippen MR) is 69.9 cm³/mol. The Morgan fingerprint density at radius 1 is 1.06 bits per heavy atom. The van der Waals surface area contributed by atoms with Gasteiger partial charge in [-0.3, -0.25) is 4.79 Å². The summed E-state index contributed by atoms with van der Waals surface area (Å²) in [5, 5.41) is 1.01. The number of carbonyl (C=O) groups is 1. The van der Waals surface area contributed by atoms with Crippen LogP contribution in [0, 0.1) is 0 Å². The maximum Gasteiger partial charge on any atom is 0.250 e. The lowest BCUT2D eigenvalue weighted by Gasteiger charge is -1.96. The maximum absolute atomic E-state index is 10.9. The molecule has 2 aromatic rings. The van der Waals surface area contributed by atoms with Crippen molar-refractivity contribution >= 4 is 16.8 Å². The second kappa shape index (κ2) is 5.53. The molecule has 1 saturated carbocycles. The zero-order valence-corrected chi connectivity index (χ0v) is 9.91. The number of nitrogens with one attached hydrogen (secondary N) is 1. The minimum Gasteiger partial charge on any atom is -0.366 e. The molecule has 1 aliphatic rings. The average Bonchev–Trinajstić information content (AvgIpc) is 3.02. The van der Waals surface area contributed by atoms with E-state index in [1.54, 1.807) is 12.3 Å². The number of aromatic amines is 1. The van der Waals surface area contributed by atoms with Gasteiger partial charge in [0.05, 0.1) is 11.1 Å². The first-order chi connectivity index (χ1) is 8.29. The molecule has 0 atom stereocenters. The van der Waals surface area contributed by atoms with Crippen LogP contribution in [0.25, 0.3) is 10.9 Å². The zero-order valence-electron chi connectivity index (χ0n) is 9.91. The molecule has 1 aromatic carbocycles. The Labute approximate surface area is 101 Å². The molecular weight excluding hydrogens is 212 g/mol. The standard InChI is InChI=1S/C9H8N2O.C5H10/c10-9(12)7-3-1-2-6-4-5-11-8(6)7;1-2-4-5-3-1/h1-5,11H,(H2,10,12);1-5H2. The molecular formula is C14H18N2O. The van der Waals surface area contributed by atoms with E-state index in [1.165, 1.54) is 32.1 Å². The van der Waals surface area contributed by atoms with Crippen LogP contribution < -0.4 is 5.73 Å². The number of carbonyl (C=O) groups excluding carboxylic acids is 1. The van der Waals surface area contributed by atoms with Crippen molar-refractivity contribution in [2.24, 2.45) is 5.73 Å². The third kappa shape index (κ3) is 2.87. The van der Waals surface area contributed by atoms with Crippen LogP contribution in [-0.2, 0) is 0 Å². The first-order valence-electron chi connectivity index (χ1n) is 6.15. The van der Waals surface area contributed by atoms with Gasteiger partial charge in [0.2, 0.25) is 0 Å². The van der Waals surface area contributed by atoms with Gasteiger partial charge in [-0.25, -0.2) is 0 Å². The molecule has 0 saturated heterocycles. The minimum atomic E-state index is -0.400. The Bertz CT molecular complexity index is 490. The number of fused-ring (bicyclic) bond motifs is 1. The van der Waals surface area contributed by atoms with Gasteiger partial charge in [-0.15, -0.1) is 0 Å². The number of rotatable bonds is 1. The maximum atomic E-state index is 10.9. The molecule has 17 heavy (non-hydrogen) atoms. The summed E-state index contributed by atoms with van der Waals surface area (Å²) in [5.41, 5.74) is 6.53. The van der Waals surface area contributed by atoms with Gasteiger partial charge in [0, 0.05) is 11.6 Å². The van der Waals surface area contributed by atoms with E-state index in [0.29, 0.717) is 5.56 Å². The van der Waals surface area contributed by atoms with Gasteiger partial charge >= 0.3 is 0 Å². The van der Waals surface area contributed by atoms with Gasteiger partial charge in [-0.05, 0) is 12.1 Å². The number of primary amides is 1. The first-order valence-corrected chi connectivity index (χ1v) is 6.15. The Hall–Kier alpha value is -1.77. The molecule has 1 aromatic heterocycles. The van der Waals surface area contributed by atoms with Gasteiger partial charge in [0.1, 0.15) is 0 Å². The van der Waals surface area contributed by atoms with Crippen LogP contribution in [0.4, 0.5) is 0 Å². The van der Waals surface area contributed by atoms with Crippen molar-refractivity contribution in [3.8, 4) is 0 Å². The molecule has 3 rings (SSSR count). The fourth-order valence-corrected chi connectivity index (χ4v) is 2.17. The molecule has 0 radical (unpaired) electrons. The van der Waals surface area contributed by atoms with Crippen molar-refractivity contribution in [2.75, 3.05) is 0 Å². The number of H-pyrrole nitrogens is 1. The largest absolute Gasteiger partial charge is 0.366 e. The second-order valence-electron chi connectivity index (χ2n) is 4.38. The highest BCUT2D eigenvalue weighted by molar-refractivity contribution is 6.04. The summed E-state index contributed by atoms with van der Waals surface area (Å²) in [7, 11) is 0. The SMILES string of the molecule is C1CCCC1.NC(=O)c1cccc2cc[nH]c12. The van der Waals surface area contributed by atoms with Crippen molar-refractivity contribution in [1.29, 1.82) is 0 Å². The van der Waals surface area contributed by atoms with Gasteiger partial charge < -0.3 is 10.7 Å². The Morgan fingerprint density at radius 2 is 1.71 bits per heavy atom. The number of amides is 1. The summed E-state index contributed by atoms with van der Waals surface area (Å²) in [4.78, 5) is 13.9. The molecule has 0 aliphatic heterocycles. The minimum absolute atomic E-state index is 0.400. The lowest BCUT2D eigenvalue weighted by Crippen LogP contribution is -2.11. The van der Waals surface area contributed by atoms with E-state index in [-0.39, 0.29) is 0 Å². The van der Waals surface area contributed by atoms with Gasteiger partial charge in [0.15, 0.2) is 0 Å². The average molecular weight is 230 g/mol. The number of aromatic nitrogens is 1. The van der Waals surface area contributed by atoms with Crippen LogP contribution in [0.2, 0.25) is 0 Å². The fourth-order valence-electron chi connectivity index (χ4n) is 2.17. The molecule has 1 amide bonds. The fraction of sp³-hybridized carbons (Fsp3) is 0.357. The third-order valence-electron chi connectivity index (χ3n) is 3.10. The normalized spacial score (nSPS) is 14.4. The zero-order chi connectivity index (χ0) is 12.1. The number of hydrogen-bond donors (Lipinski definition) is 2. The van der Waals surface area contributed by atoms with E-state index in [2.05, 4.69) is 4.98 Å². The van der Waals surface area contributed by atoms with E-state index in [4.69, 9.17) is 5.73 Å². The lowest BCUT2D eigenvalue weighted by molar-refractivity contribution is 0.100. The molecule has 1 heterocycles. The molecule has 3 nitrogen and oxygen atoms in total.